The third kappa shape index (κ3) is 3.34. The van der Waals surface area contributed by atoms with E-state index in [-0.39, 0.29) is 17.3 Å². The lowest BCUT2D eigenvalue weighted by Gasteiger charge is -2.21. The molecule has 4 aromatic rings. The summed E-state index contributed by atoms with van der Waals surface area (Å²) in [5, 5.41) is 4.01. The molecule has 4 rings (SSSR count). The smallest absolute Gasteiger partial charge is 0.358 e. The molecule has 3 heterocycles. The number of methoxy groups -OCH3 is 1. The number of imidazole rings is 1. The lowest BCUT2D eigenvalue weighted by Crippen LogP contribution is -2.22. The maximum Gasteiger partial charge on any atom is 0.358 e. The second-order valence-corrected chi connectivity index (χ2v) is 7.84. The molecule has 3 aromatic heterocycles. The van der Waals surface area contributed by atoms with Crippen LogP contribution in [0.3, 0.4) is 0 Å². The molecule has 0 aliphatic rings. The van der Waals surface area contributed by atoms with E-state index in [0.29, 0.717) is 11.1 Å². The molecule has 0 fully saturated rings. The number of benzene rings is 1. The summed E-state index contributed by atoms with van der Waals surface area (Å²) in [6.07, 6.45) is 1.74. The van der Waals surface area contributed by atoms with Gasteiger partial charge in [-0.2, -0.15) is 0 Å². The quantitative estimate of drug-likeness (QED) is 0.510. The topological polar surface area (TPSA) is 90.5 Å². The van der Waals surface area contributed by atoms with E-state index in [4.69, 9.17) is 4.74 Å². The zero-order valence-electron chi connectivity index (χ0n) is 18.5. The normalized spacial score (nSPS) is 12.3. The summed E-state index contributed by atoms with van der Waals surface area (Å²) in [5.74, 6) is -0.506. The molecular weight excluding hydrogens is 394 g/mol. The van der Waals surface area contributed by atoms with Gasteiger partial charge in [0.1, 0.15) is 12.0 Å². The fourth-order valence-electron chi connectivity index (χ4n) is 4.08. The average Bonchev–Trinajstić information content (AvgIpc) is 3.13. The zero-order valence-corrected chi connectivity index (χ0v) is 18.5. The van der Waals surface area contributed by atoms with Crippen molar-refractivity contribution in [1.82, 2.24) is 18.9 Å². The Balaban J connectivity index is 1.93. The minimum atomic E-state index is -0.506. The fourth-order valence-corrected chi connectivity index (χ4v) is 4.08. The van der Waals surface area contributed by atoms with Crippen molar-refractivity contribution in [2.45, 2.75) is 33.7 Å². The van der Waals surface area contributed by atoms with Crippen LogP contribution >= 0.6 is 0 Å². The van der Waals surface area contributed by atoms with E-state index < -0.39 is 5.97 Å². The van der Waals surface area contributed by atoms with E-state index in [0.717, 1.165) is 33.7 Å². The van der Waals surface area contributed by atoms with Crippen LogP contribution in [0.5, 0.6) is 0 Å². The van der Waals surface area contributed by atoms with Gasteiger partial charge in [-0.05, 0) is 57.0 Å². The van der Waals surface area contributed by atoms with E-state index in [1.54, 1.807) is 17.9 Å². The summed E-state index contributed by atoms with van der Waals surface area (Å²) in [6.45, 7) is 7.66. The van der Waals surface area contributed by atoms with Crippen molar-refractivity contribution in [2.24, 2.45) is 7.05 Å². The summed E-state index contributed by atoms with van der Waals surface area (Å²) in [7, 11) is 3.09. The fraction of sp³-hybridized carbons (Fsp3) is 0.304. The van der Waals surface area contributed by atoms with E-state index >= 15 is 0 Å². The first-order chi connectivity index (χ1) is 14.7. The Morgan fingerprint density at radius 3 is 2.65 bits per heavy atom. The van der Waals surface area contributed by atoms with Gasteiger partial charge in [-0.1, -0.05) is 6.07 Å². The highest BCUT2D eigenvalue weighted by Crippen LogP contribution is 2.29. The van der Waals surface area contributed by atoms with E-state index in [2.05, 4.69) is 15.3 Å². The number of rotatable bonds is 4. The molecule has 1 N–H and O–H groups in total. The van der Waals surface area contributed by atoms with Crippen LogP contribution in [0.2, 0.25) is 0 Å². The van der Waals surface area contributed by atoms with Crippen molar-refractivity contribution >= 4 is 28.2 Å². The molecule has 1 atom stereocenters. The molecule has 0 aliphatic carbocycles. The standard InChI is InChI=1S/C23H25N5O3/c1-12-9-16(14(3)26-18-8-7-13(2)25-19(18)23(30)31-6)20-17(10-12)22(29)27(5)21-15(4)24-11-28(20)21/h7-11,14,26H,1-6H3. The maximum atomic E-state index is 13.1. The van der Waals surface area contributed by atoms with Crippen molar-refractivity contribution in [1.29, 1.82) is 0 Å². The van der Waals surface area contributed by atoms with Gasteiger partial charge in [0.15, 0.2) is 5.69 Å². The summed E-state index contributed by atoms with van der Waals surface area (Å²) in [6, 6.07) is 7.37. The Labute approximate surface area is 179 Å². The molecule has 0 bridgehead atoms. The molecule has 0 amide bonds. The molecule has 0 saturated carbocycles. The second kappa shape index (κ2) is 7.54. The Hall–Kier alpha value is -3.68. The van der Waals surface area contributed by atoms with Crippen LogP contribution in [0.15, 0.2) is 35.4 Å². The van der Waals surface area contributed by atoms with E-state index in [1.807, 2.05) is 56.4 Å². The second-order valence-electron chi connectivity index (χ2n) is 7.84. The van der Waals surface area contributed by atoms with Crippen LogP contribution in [-0.4, -0.2) is 32.0 Å². The molecule has 160 valence electrons. The summed E-state index contributed by atoms with van der Waals surface area (Å²) in [4.78, 5) is 34.1. The van der Waals surface area contributed by atoms with Crippen LogP contribution in [0, 0.1) is 20.8 Å². The van der Waals surface area contributed by atoms with Crippen LogP contribution in [0.25, 0.3) is 16.6 Å². The number of anilines is 1. The highest BCUT2D eigenvalue weighted by Gasteiger charge is 2.21. The third-order valence-corrected chi connectivity index (χ3v) is 5.55. The molecular formula is C23H25N5O3. The number of hydrogen-bond donors (Lipinski definition) is 1. The molecule has 8 nitrogen and oxygen atoms in total. The third-order valence-electron chi connectivity index (χ3n) is 5.55. The largest absolute Gasteiger partial charge is 0.464 e. The number of carbonyl (C=O) groups is 1. The molecule has 8 heteroatoms. The molecule has 1 unspecified atom stereocenters. The number of nitrogens with zero attached hydrogens (tertiary/aromatic N) is 4. The van der Waals surface area contributed by atoms with Gasteiger partial charge >= 0.3 is 5.97 Å². The first-order valence-electron chi connectivity index (χ1n) is 10.0. The van der Waals surface area contributed by atoms with Gasteiger partial charge in [-0.25, -0.2) is 14.8 Å². The molecule has 0 saturated heterocycles. The highest BCUT2D eigenvalue weighted by molar-refractivity contribution is 5.93. The van der Waals surface area contributed by atoms with Crippen LogP contribution in [0.4, 0.5) is 5.69 Å². The van der Waals surface area contributed by atoms with Crippen molar-refractivity contribution in [3.8, 4) is 0 Å². The molecule has 0 radical (unpaired) electrons. The van der Waals surface area contributed by atoms with Crippen LogP contribution in [0.1, 0.15) is 46.0 Å². The summed E-state index contributed by atoms with van der Waals surface area (Å²) >= 11 is 0. The van der Waals surface area contributed by atoms with Crippen molar-refractivity contribution in [3.05, 3.63) is 69.2 Å². The number of nitrogens with one attached hydrogen (secondary N) is 1. The van der Waals surface area contributed by atoms with E-state index in [1.165, 1.54) is 7.11 Å². The first-order valence-corrected chi connectivity index (χ1v) is 10.0. The molecule has 31 heavy (non-hydrogen) atoms. The lowest BCUT2D eigenvalue weighted by atomic mass is 10.0. The highest BCUT2D eigenvalue weighted by atomic mass is 16.5. The first kappa shape index (κ1) is 20.6. The molecule has 0 aliphatic heterocycles. The van der Waals surface area contributed by atoms with Crippen LogP contribution in [-0.2, 0) is 11.8 Å². The number of pyridine rings is 1. The predicted molar refractivity (Wildman–Crippen MR) is 120 cm³/mol. The number of aryl methyl sites for hydroxylation is 4. The maximum absolute atomic E-state index is 13.1. The average molecular weight is 419 g/mol. The number of carbonyl (C=O) groups excluding carboxylic acids is 1. The lowest BCUT2D eigenvalue weighted by molar-refractivity contribution is 0.0595. The molecule has 0 spiro atoms. The van der Waals surface area contributed by atoms with Gasteiger partial charge < -0.3 is 10.1 Å². The number of ether oxygens (including phenoxy) is 1. The number of esters is 1. The van der Waals surface area contributed by atoms with Crippen LogP contribution < -0.4 is 10.9 Å². The van der Waals surface area contributed by atoms with Gasteiger partial charge in [-0.3, -0.25) is 13.8 Å². The minimum Gasteiger partial charge on any atom is -0.464 e. The summed E-state index contributed by atoms with van der Waals surface area (Å²) < 4.78 is 8.48. The Morgan fingerprint density at radius 2 is 1.94 bits per heavy atom. The van der Waals surface area contributed by atoms with Crippen molar-refractivity contribution in [3.63, 3.8) is 0 Å². The number of fused-ring (bicyclic) bond motifs is 3. The van der Waals surface area contributed by atoms with Crippen molar-refractivity contribution in [2.75, 3.05) is 12.4 Å². The Morgan fingerprint density at radius 1 is 1.19 bits per heavy atom. The molecule has 1 aromatic carbocycles. The number of hydrogen-bond acceptors (Lipinski definition) is 6. The minimum absolute atomic E-state index is 0.0736. The van der Waals surface area contributed by atoms with Gasteiger partial charge in [-0.15, -0.1) is 0 Å². The van der Waals surface area contributed by atoms with Crippen molar-refractivity contribution < 1.29 is 9.53 Å². The SMILES string of the molecule is COC(=O)c1nc(C)ccc1NC(C)c1cc(C)cc2c(=O)n(C)c3c(C)ncn3c12. The monoisotopic (exact) mass is 419 g/mol. The van der Waals surface area contributed by atoms with Gasteiger partial charge in [0.2, 0.25) is 0 Å². The van der Waals surface area contributed by atoms with E-state index in [9.17, 15) is 9.59 Å². The Kier molecular flexibility index (Phi) is 5.00. The zero-order chi connectivity index (χ0) is 22.4. The van der Waals surface area contributed by atoms with Gasteiger partial charge in [0.05, 0.1) is 35.4 Å². The number of aromatic nitrogens is 4. The Bertz CT molecular complexity index is 1400. The van der Waals surface area contributed by atoms with Gasteiger partial charge in [0, 0.05) is 12.7 Å². The predicted octanol–water partition coefficient (Wildman–Crippen LogP) is 3.47. The van der Waals surface area contributed by atoms with Gasteiger partial charge in [0.25, 0.3) is 5.56 Å². The summed E-state index contributed by atoms with van der Waals surface area (Å²) in [5.41, 5.74) is 5.67.